The summed E-state index contributed by atoms with van der Waals surface area (Å²) in [5.41, 5.74) is 12.3. The number of benzene rings is 1. The average Bonchev–Trinajstić information content (AvgIpc) is 2.78. The second-order valence-corrected chi connectivity index (χ2v) is 4.81. The fourth-order valence-corrected chi connectivity index (χ4v) is 2.50. The highest BCUT2D eigenvalue weighted by Gasteiger charge is 2.11. The van der Waals surface area contributed by atoms with Gasteiger partial charge >= 0.3 is 0 Å². The maximum Gasteiger partial charge on any atom is 0.137 e. The topological polar surface area (TPSA) is 43.3 Å². The van der Waals surface area contributed by atoms with Gasteiger partial charge in [-0.3, -0.25) is 0 Å². The molecular formula is C16H17N3. The van der Waals surface area contributed by atoms with Crippen LogP contribution in [0.2, 0.25) is 0 Å². The first kappa shape index (κ1) is 11.9. The van der Waals surface area contributed by atoms with Crippen molar-refractivity contribution in [3.8, 4) is 11.3 Å². The summed E-state index contributed by atoms with van der Waals surface area (Å²) in [5.74, 6) is 0. The second-order valence-electron chi connectivity index (χ2n) is 4.81. The molecule has 3 heteroatoms. The van der Waals surface area contributed by atoms with Gasteiger partial charge in [-0.15, -0.1) is 0 Å². The molecule has 3 rings (SSSR count). The first-order valence-corrected chi connectivity index (χ1v) is 6.45. The Morgan fingerprint density at radius 2 is 1.79 bits per heavy atom. The molecule has 0 saturated carbocycles. The van der Waals surface area contributed by atoms with Crippen LogP contribution in [0.4, 0.5) is 0 Å². The molecule has 0 fully saturated rings. The van der Waals surface area contributed by atoms with Crippen molar-refractivity contribution in [1.82, 2.24) is 9.38 Å². The number of aromatic nitrogens is 2. The van der Waals surface area contributed by atoms with Crippen LogP contribution in [0.1, 0.15) is 17.0 Å². The van der Waals surface area contributed by atoms with Crippen LogP contribution >= 0.6 is 0 Å². The molecule has 3 aromatic rings. The molecule has 1 aromatic carbocycles. The minimum atomic E-state index is 0.573. The van der Waals surface area contributed by atoms with Crippen LogP contribution in [-0.2, 0) is 6.54 Å². The predicted octanol–water partition coefficient (Wildman–Crippen LogP) is 3.08. The molecule has 0 bridgehead atoms. The second kappa shape index (κ2) is 4.52. The Bertz CT molecular complexity index is 724. The monoisotopic (exact) mass is 251 g/mol. The van der Waals surface area contributed by atoms with Gasteiger partial charge in [0.1, 0.15) is 5.65 Å². The molecule has 3 nitrogen and oxygen atoms in total. The molecule has 0 saturated heterocycles. The highest BCUT2D eigenvalue weighted by molar-refractivity contribution is 5.66. The van der Waals surface area contributed by atoms with Crippen molar-refractivity contribution in [3.05, 3.63) is 59.4 Å². The number of fused-ring (bicyclic) bond motifs is 1. The minimum absolute atomic E-state index is 0.573. The largest absolute Gasteiger partial charge is 0.326 e. The van der Waals surface area contributed by atoms with Gasteiger partial charge in [0.15, 0.2) is 0 Å². The van der Waals surface area contributed by atoms with Gasteiger partial charge in [0.05, 0.1) is 5.69 Å². The summed E-state index contributed by atoms with van der Waals surface area (Å²) in [6.45, 7) is 4.78. The van der Waals surface area contributed by atoms with Gasteiger partial charge in [0.2, 0.25) is 0 Å². The lowest BCUT2D eigenvalue weighted by Gasteiger charge is -2.03. The van der Waals surface area contributed by atoms with Gasteiger partial charge in [-0.1, -0.05) is 30.3 Å². The molecule has 19 heavy (non-hydrogen) atoms. The lowest BCUT2D eigenvalue weighted by molar-refractivity contribution is 1.04. The third kappa shape index (κ3) is 1.92. The van der Waals surface area contributed by atoms with Crippen LogP contribution in [-0.4, -0.2) is 9.38 Å². The molecule has 0 unspecified atom stereocenters. The normalized spacial score (nSPS) is 11.1. The van der Waals surface area contributed by atoms with E-state index in [0.717, 1.165) is 22.5 Å². The van der Waals surface area contributed by atoms with Crippen molar-refractivity contribution in [1.29, 1.82) is 0 Å². The highest BCUT2D eigenvalue weighted by atomic mass is 15.0. The third-order valence-electron chi connectivity index (χ3n) is 3.53. The van der Waals surface area contributed by atoms with Crippen LogP contribution in [0.3, 0.4) is 0 Å². The molecular weight excluding hydrogens is 234 g/mol. The summed E-state index contributed by atoms with van der Waals surface area (Å²) in [6, 6.07) is 14.5. The average molecular weight is 251 g/mol. The van der Waals surface area contributed by atoms with Gasteiger partial charge in [0.25, 0.3) is 0 Å². The van der Waals surface area contributed by atoms with Crippen LogP contribution in [0.5, 0.6) is 0 Å². The number of imidazole rings is 1. The van der Waals surface area contributed by atoms with Crippen LogP contribution in [0, 0.1) is 13.8 Å². The summed E-state index contributed by atoms with van der Waals surface area (Å²) >= 11 is 0. The molecule has 0 aliphatic heterocycles. The zero-order valence-electron chi connectivity index (χ0n) is 11.2. The molecule has 0 spiro atoms. The van der Waals surface area contributed by atoms with Crippen LogP contribution in [0.15, 0.2) is 42.5 Å². The van der Waals surface area contributed by atoms with Crippen molar-refractivity contribution in [2.75, 3.05) is 0 Å². The number of pyridine rings is 1. The number of nitrogens with zero attached hydrogens (tertiary/aromatic N) is 2. The van der Waals surface area contributed by atoms with Gasteiger partial charge in [0, 0.05) is 23.5 Å². The molecule has 2 aromatic heterocycles. The molecule has 2 heterocycles. The number of rotatable bonds is 2. The van der Waals surface area contributed by atoms with Gasteiger partial charge in [-0.05, 0) is 31.5 Å². The summed E-state index contributed by atoms with van der Waals surface area (Å²) in [4.78, 5) is 4.73. The highest BCUT2D eigenvalue weighted by Crippen LogP contribution is 2.25. The number of aryl methyl sites for hydroxylation is 2. The van der Waals surface area contributed by atoms with Crippen LogP contribution in [0.25, 0.3) is 16.9 Å². The molecule has 2 N–H and O–H groups in total. The molecule has 0 aliphatic rings. The third-order valence-corrected chi connectivity index (χ3v) is 3.53. The van der Waals surface area contributed by atoms with E-state index in [1.165, 1.54) is 11.4 Å². The van der Waals surface area contributed by atoms with Gasteiger partial charge in [-0.25, -0.2) is 4.98 Å². The zero-order chi connectivity index (χ0) is 13.4. The Hall–Kier alpha value is -2.13. The first-order chi connectivity index (χ1) is 9.20. The fraction of sp³-hybridized carbons (Fsp3) is 0.188. The number of hydrogen-bond donors (Lipinski definition) is 1. The maximum atomic E-state index is 5.63. The fourth-order valence-electron chi connectivity index (χ4n) is 2.50. The van der Waals surface area contributed by atoms with E-state index < -0.39 is 0 Å². The van der Waals surface area contributed by atoms with Crippen molar-refractivity contribution in [3.63, 3.8) is 0 Å². The van der Waals surface area contributed by atoms with Crippen molar-refractivity contribution in [2.45, 2.75) is 20.4 Å². The smallest absolute Gasteiger partial charge is 0.137 e. The maximum absolute atomic E-state index is 5.63. The standard InChI is InChI=1S/C16H17N3/c1-11-4-3-5-15-18-16(12(2)19(11)15)14-8-6-13(10-17)7-9-14/h3-9H,10,17H2,1-2H3. The summed E-state index contributed by atoms with van der Waals surface area (Å²) < 4.78 is 2.19. The predicted molar refractivity (Wildman–Crippen MR) is 78.0 cm³/mol. The van der Waals surface area contributed by atoms with E-state index in [2.05, 4.69) is 48.6 Å². The Balaban J connectivity index is 2.19. The van der Waals surface area contributed by atoms with E-state index in [1.807, 2.05) is 12.1 Å². The Labute approximate surface area is 112 Å². The molecule has 96 valence electrons. The van der Waals surface area contributed by atoms with Crippen LogP contribution < -0.4 is 5.73 Å². The van der Waals surface area contributed by atoms with E-state index in [4.69, 9.17) is 10.7 Å². The molecule has 0 atom stereocenters. The number of hydrogen-bond acceptors (Lipinski definition) is 2. The Kier molecular flexibility index (Phi) is 2.84. The van der Waals surface area contributed by atoms with Crippen molar-refractivity contribution < 1.29 is 0 Å². The molecule has 0 radical (unpaired) electrons. The van der Waals surface area contributed by atoms with E-state index in [0.29, 0.717) is 6.54 Å². The van der Waals surface area contributed by atoms with E-state index in [1.54, 1.807) is 0 Å². The summed E-state index contributed by atoms with van der Waals surface area (Å²) in [5, 5.41) is 0. The summed E-state index contributed by atoms with van der Waals surface area (Å²) in [7, 11) is 0. The Morgan fingerprint density at radius 3 is 2.42 bits per heavy atom. The van der Waals surface area contributed by atoms with Crippen molar-refractivity contribution >= 4 is 5.65 Å². The van der Waals surface area contributed by atoms with E-state index in [-0.39, 0.29) is 0 Å². The SMILES string of the molecule is Cc1cccc2nc(-c3ccc(CN)cc3)c(C)n12. The Morgan fingerprint density at radius 1 is 1.05 bits per heavy atom. The number of nitrogens with two attached hydrogens (primary N) is 1. The van der Waals surface area contributed by atoms with Crippen molar-refractivity contribution in [2.24, 2.45) is 5.73 Å². The van der Waals surface area contributed by atoms with E-state index >= 15 is 0 Å². The lowest BCUT2D eigenvalue weighted by Crippen LogP contribution is -1.95. The zero-order valence-corrected chi connectivity index (χ0v) is 11.2. The summed E-state index contributed by atoms with van der Waals surface area (Å²) in [6.07, 6.45) is 0. The van der Waals surface area contributed by atoms with Gasteiger partial charge < -0.3 is 10.1 Å². The lowest BCUT2D eigenvalue weighted by atomic mass is 10.1. The molecule has 0 amide bonds. The van der Waals surface area contributed by atoms with Gasteiger partial charge in [-0.2, -0.15) is 0 Å². The molecule has 0 aliphatic carbocycles. The minimum Gasteiger partial charge on any atom is -0.326 e. The van der Waals surface area contributed by atoms with E-state index in [9.17, 15) is 0 Å². The quantitative estimate of drug-likeness (QED) is 0.760. The first-order valence-electron chi connectivity index (χ1n) is 6.45.